The van der Waals surface area contributed by atoms with Gasteiger partial charge in [-0.1, -0.05) is 12.1 Å². The molecule has 0 fully saturated rings. The molecule has 0 aliphatic carbocycles. The van der Waals surface area contributed by atoms with Crippen LogP contribution < -0.4 is 4.72 Å². The third kappa shape index (κ3) is 3.36. The topological polar surface area (TPSA) is 76.4 Å². The predicted octanol–water partition coefficient (Wildman–Crippen LogP) is 3.48. The van der Waals surface area contributed by atoms with Crippen molar-refractivity contribution in [2.75, 3.05) is 4.72 Å². The van der Waals surface area contributed by atoms with Gasteiger partial charge >= 0.3 is 0 Å². The lowest BCUT2D eigenvalue weighted by Gasteiger charge is -2.09. The van der Waals surface area contributed by atoms with E-state index in [0.717, 1.165) is 12.1 Å². The summed E-state index contributed by atoms with van der Waals surface area (Å²) in [6, 6.07) is 10.8. The summed E-state index contributed by atoms with van der Waals surface area (Å²) in [6.45, 7) is 0. The molecule has 0 aliphatic heterocycles. The van der Waals surface area contributed by atoms with E-state index in [9.17, 15) is 17.2 Å². The Bertz CT molecular complexity index is 1220. The second-order valence-corrected chi connectivity index (χ2v) is 7.40. The molecule has 27 heavy (non-hydrogen) atoms. The fraction of sp³-hybridized carbons (Fsp3) is 0. The number of nitrogens with one attached hydrogen (secondary N) is 1. The van der Waals surface area contributed by atoms with Crippen LogP contribution in [0.3, 0.4) is 0 Å². The van der Waals surface area contributed by atoms with Gasteiger partial charge in [0.2, 0.25) is 5.78 Å². The van der Waals surface area contributed by atoms with Crippen molar-refractivity contribution in [3.63, 3.8) is 0 Å². The zero-order valence-electron chi connectivity index (χ0n) is 13.7. The highest BCUT2D eigenvalue weighted by molar-refractivity contribution is 7.92. The zero-order valence-corrected chi connectivity index (χ0v) is 14.5. The van der Waals surface area contributed by atoms with Crippen LogP contribution in [0.2, 0.25) is 0 Å². The first-order valence-corrected chi connectivity index (χ1v) is 9.29. The molecule has 0 spiro atoms. The maximum absolute atomic E-state index is 13.4. The third-order valence-corrected chi connectivity index (χ3v) is 5.23. The fourth-order valence-corrected chi connectivity index (χ4v) is 3.63. The van der Waals surface area contributed by atoms with Crippen molar-refractivity contribution in [1.29, 1.82) is 0 Å². The number of sulfonamides is 1. The normalized spacial score (nSPS) is 11.6. The van der Waals surface area contributed by atoms with Gasteiger partial charge in [0.25, 0.3) is 10.0 Å². The molecule has 2 heterocycles. The van der Waals surface area contributed by atoms with Gasteiger partial charge in [-0.25, -0.2) is 27.2 Å². The minimum absolute atomic E-state index is 0.266. The zero-order chi connectivity index (χ0) is 19.0. The van der Waals surface area contributed by atoms with E-state index in [-0.39, 0.29) is 10.6 Å². The van der Waals surface area contributed by atoms with E-state index >= 15 is 0 Å². The van der Waals surface area contributed by atoms with Gasteiger partial charge < -0.3 is 0 Å². The van der Waals surface area contributed by atoms with E-state index in [1.165, 1.54) is 0 Å². The van der Waals surface area contributed by atoms with Crippen molar-refractivity contribution >= 4 is 21.5 Å². The first kappa shape index (κ1) is 17.1. The molecule has 6 nitrogen and oxygen atoms in total. The maximum Gasteiger partial charge on any atom is 0.261 e. The molecule has 0 unspecified atom stereocenters. The van der Waals surface area contributed by atoms with Crippen LogP contribution in [0.25, 0.3) is 17.0 Å². The average Bonchev–Trinajstić information content (AvgIpc) is 3.08. The molecule has 4 rings (SSSR count). The smallest absolute Gasteiger partial charge is 0.261 e. The highest BCUT2D eigenvalue weighted by Gasteiger charge is 2.17. The lowest BCUT2D eigenvalue weighted by Crippen LogP contribution is -2.13. The third-order valence-electron chi connectivity index (χ3n) is 3.85. The van der Waals surface area contributed by atoms with Crippen LogP contribution in [0.5, 0.6) is 0 Å². The molecule has 0 aliphatic rings. The summed E-state index contributed by atoms with van der Waals surface area (Å²) in [5.74, 6) is -1.83. The van der Waals surface area contributed by atoms with Gasteiger partial charge in [0.1, 0.15) is 0 Å². The standard InChI is InChI=1S/C18H12F2N4O2S/c19-15-6-5-14(10-16(15)20)27(25,26)23-13-4-1-3-12(9-13)17-11-24-8-2-7-21-18(24)22-17/h1-11,23H. The van der Waals surface area contributed by atoms with Crippen molar-refractivity contribution in [3.05, 3.63) is 78.8 Å². The monoisotopic (exact) mass is 386 g/mol. The Morgan fingerprint density at radius 1 is 1.00 bits per heavy atom. The number of imidazole rings is 1. The number of nitrogens with zero attached hydrogens (tertiary/aromatic N) is 3. The first-order valence-electron chi connectivity index (χ1n) is 7.80. The van der Waals surface area contributed by atoms with Gasteiger partial charge in [0.05, 0.1) is 10.6 Å². The molecular formula is C18H12F2N4O2S. The number of anilines is 1. The summed E-state index contributed by atoms with van der Waals surface area (Å²) in [7, 11) is -4.07. The van der Waals surface area contributed by atoms with Crippen molar-refractivity contribution in [2.45, 2.75) is 4.90 Å². The van der Waals surface area contributed by atoms with Crippen LogP contribution in [0.1, 0.15) is 0 Å². The summed E-state index contributed by atoms with van der Waals surface area (Å²) in [5.41, 5.74) is 1.55. The van der Waals surface area contributed by atoms with E-state index in [2.05, 4.69) is 14.7 Å². The van der Waals surface area contributed by atoms with Crippen LogP contribution in [-0.4, -0.2) is 22.8 Å². The number of rotatable bonds is 4. The second-order valence-electron chi connectivity index (χ2n) is 5.72. The van der Waals surface area contributed by atoms with E-state index in [4.69, 9.17) is 0 Å². The molecule has 0 atom stereocenters. The Labute approximate surface area is 153 Å². The number of benzene rings is 2. The number of aromatic nitrogens is 3. The average molecular weight is 386 g/mol. The molecule has 2 aromatic heterocycles. The highest BCUT2D eigenvalue weighted by atomic mass is 32.2. The first-order chi connectivity index (χ1) is 12.9. The molecule has 2 aromatic carbocycles. The molecule has 0 radical (unpaired) electrons. The van der Waals surface area contributed by atoms with E-state index in [1.54, 1.807) is 53.3 Å². The van der Waals surface area contributed by atoms with Gasteiger partial charge in [-0.05, 0) is 36.4 Å². The SMILES string of the molecule is O=S(=O)(Nc1cccc(-c2cn3cccnc3n2)c1)c1ccc(F)c(F)c1. The highest BCUT2D eigenvalue weighted by Crippen LogP contribution is 2.24. The summed E-state index contributed by atoms with van der Waals surface area (Å²) < 4.78 is 55.3. The Kier molecular flexibility index (Phi) is 4.08. The van der Waals surface area contributed by atoms with Gasteiger partial charge in [0.15, 0.2) is 11.6 Å². The van der Waals surface area contributed by atoms with Crippen LogP contribution in [0.15, 0.2) is 72.0 Å². The molecule has 4 aromatic rings. The quantitative estimate of drug-likeness (QED) is 0.583. The van der Waals surface area contributed by atoms with Crippen LogP contribution in [0, 0.1) is 11.6 Å². The molecule has 136 valence electrons. The molecule has 0 amide bonds. The minimum Gasteiger partial charge on any atom is -0.291 e. The predicted molar refractivity (Wildman–Crippen MR) is 95.6 cm³/mol. The minimum atomic E-state index is -4.07. The van der Waals surface area contributed by atoms with E-state index < -0.39 is 21.7 Å². The molecule has 0 saturated heterocycles. The van der Waals surface area contributed by atoms with Crippen LogP contribution in [-0.2, 0) is 10.0 Å². The summed E-state index contributed by atoms with van der Waals surface area (Å²) >= 11 is 0. The van der Waals surface area contributed by atoms with Crippen molar-refractivity contribution in [3.8, 4) is 11.3 Å². The van der Waals surface area contributed by atoms with Crippen LogP contribution >= 0.6 is 0 Å². The largest absolute Gasteiger partial charge is 0.291 e. The van der Waals surface area contributed by atoms with Crippen molar-refractivity contribution < 1.29 is 17.2 Å². The lowest BCUT2D eigenvalue weighted by atomic mass is 10.1. The summed E-state index contributed by atoms with van der Waals surface area (Å²) in [4.78, 5) is 8.15. The Morgan fingerprint density at radius 3 is 2.63 bits per heavy atom. The second kappa shape index (κ2) is 6.44. The van der Waals surface area contributed by atoms with E-state index in [0.29, 0.717) is 23.1 Å². The van der Waals surface area contributed by atoms with Gasteiger partial charge in [0, 0.05) is 29.8 Å². The molecule has 0 saturated carbocycles. The van der Waals surface area contributed by atoms with E-state index in [1.807, 2.05) is 0 Å². The van der Waals surface area contributed by atoms with Gasteiger partial charge in [-0.2, -0.15) is 0 Å². The molecule has 9 heteroatoms. The number of hydrogen-bond acceptors (Lipinski definition) is 4. The Balaban J connectivity index is 1.67. The summed E-state index contributed by atoms with van der Waals surface area (Å²) in [6.07, 6.45) is 5.19. The Hall–Kier alpha value is -3.33. The van der Waals surface area contributed by atoms with Crippen molar-refractivity contribution in [2.24, 2.45) is 0 Å². The number of hydrogen-bond donors (Lipinski definition) is 1. The van der Waals surface area contributed by atoms with Crippen LogP contribution in [0.4, 0.5) is 14.5 Å². The number of fused-ring (bicyclic) bond motifs is 1. The number of halogens is 2. The lowest BCUT2D eigenvalue weighted by molar-refractivity contribution is 0.504. The van der Waals surface area contributed by atoms with Gasteiger partial charge in [-0.15, -0.1) is 0 Å². The maximum atomic E-state index is 13.4. The van der Waals surface area contributed by atoms with Crippen molar-refractivity contribution in [1.82, 2.24) is 14.4 Å². The Morgan fingerprint density at radius 2 is 1.85 bits per heavy atom. The molecule has 0 bridgehead atoms. The van der Waals surface area contributed by atoms with Gasteiger partial charge in [-0.3, -0.25) is 9.12 Å². The molecule has 1 N–H and O–H groups in total. The molecular weight excluding hydrogens is 374 g/mol. The fourth-order valence-electron chi connectivity index (χ4n) is 2.57. The summed E-state index contributed by atoms with van der Waals surface area (Å²) in [5, 5.41) is 0.